The summed E-state index contributed by atoms with van der Waals surface area (Å²) in [5.74, 6) is 0.977. The highest BCUT2D eigenvalue weighted by Gasteiger charge is 2.21. The van der Waals surface area contributed by atoms with Gasteiger partial charge in [0.2, 0.25) is 0 Å². The second kappa shape index (κ2) is 10.1. The molecule has 5 nitrogen and oxygen atoms in total. The molecule has 0 N–H and O–H groups in total. The fraction of sp³-hybridized carbons (Fsp3) is 0.364. The maximum atomic E-state index is 6.27. The zero-order valence-corrected chi connectivity index (χ0v) is 19.1. The van der Waals surface area contributed by atoms with Crippen molar-refractivity contribution >= 4 is 40.4 Å². The first-order valence-electron chi connectivity index (χ1n) is 9.93. The summed E-state index contributed by atoms with van der Waals surface area (Å²) in [7, 11) is 0. The Morgan fingerprint density at radius 1 is 1.13 bits per heavy atom. The van der Waals surface area contributed by atoms with E-state index in [0.717, 1.165) is 52.0 Å². The van der Waals surface area contributed by atoms with Crippen molar-refractivity contribution in [3.63, 3.8) is 0 Å². The molecule has 1 aliphatic heterocycles. The SMILES string of the molecule is CCc1cc(-c2nc(N3CCOCC3)c(COCc3cc(Cl)ccc3Cl)s2)ccn1. The number of thiazole rings is 1. The summed E-state index contributed by atoms with van der Waals surface area (Å²) >= 11 is 14.0. The number of hydrogen-bond acceptors (Lipinski definition) is 6. The van der Waals surface area contributed by atoms with E-state index in [1.165, 1.54) is 0 Å². The fourth-order valence-corrected chi connectivity index (χ4v) is 4.68. The van der Waals surface area contributed by atoms with Gasteiger partial charge in [-0.15, -0.1) is 11.3 Å². The van der Waals surface area contributed by atoms with Crippen molar-refractivity contribution in [2.24, 2.45) is 0 Å². The average Bonchev–Trinajstić information content (AvgIpc) is 3.21. The van der Waals surface area contributed by atoms with Crippen LogP contribution in [0.15, 0.2) is 36.5 Å². The molecule has 0 unspecified atom stereocenters. The van der Waals surface area contributed by atoms with Gasteiger partial charge in [-0.25, -0.2) is 4.98 Å². The number of nitrogens with zero attached hydrogens (tertiary/aromatic N) is 3. The molecule has 0 saturated carbocycles. The molecule has 3 aromatic rings. The van der Waals surface area contributed by atoms with Crippen molar-refractivity contribution in [1.29, 1.82) is 0 Å². The normalized spacial score (nSPS) is 14.3. The number of rotatable bonds is 7. The Morgan fingerprint density at radius 3 is 2.77 bits per heavy atom. The van der Waals surface area contributed by atoms with Gasteiger partial charge in [-0.05, 0) is 42.3 Å². The molecule has 0 radical (unpaired) electrons. The summed E-state index contributed by atoms with van der Waals surface area (Å²) in [6.45, 7) is 6.03. The topological polar surface area (TPSA) is 47.5 Å². The quantitative estimate of drug-likeness (QED) is 0.454. The van der Waals surface area contributed by atoms with E-state index in [2.05, 4.69) is 22.9 Å². The van der Waals surface area contributed by atoms with E-state index in [1.807, 2.05) is 18.3 Å². The minimum absolute atomic E-state index is 0.393. The van der Waals surface area contributed by atoms with Gasteiger partial charge in [-0.2, -0.15) is 0 Å². The van der Waals surface area contributed by atoms with Crippen LogP contribution in [0, 0.1) is 0 Å². The van der Waals surface area contributed by atoms with Gasteiger partial charge in [-0.1, -0.05) is 30.1 Å². The van der Waals surface area contributed by atoms with Crippen LogP contribution in [0.3, 0.4) is 0 Å². The van der Waals surface area contributed by atoms with Gasteiger partial charge in [-0.3, -0.25) is 4.98 Å². The number of hydrogen-bond donors (Lipinski definition) is 0. The molecule has 0 spiro atoms. The number of halogens is 2. The summed E-state index contributed by atoms with van der Waals surface area (Å²) in [5, 5.41) is 2.28. The lowest BCUT2D eigenvalue weighted by Crippen LogP contribution is -2.37. The molecule has 3 heterocycles. The molecule has 1 aliphatic rings. The molecule has 0 aliphatic carbocycles. The van der Waals surface area contributed by atoms with Gasteiger partial charge in [0.25, 0.3) is 0 Å². The van der Waals surface area contributed by atoms with Crippen molar-refractivity contribution in [1.82, 2.24) is 9.97 Å². The summed E-state index contributed by atoms with van der Waals surface area (Å²) in [6, 6.07) is 9.53. The van der Waals surface area contributed by atoms with E-state index in [-0.39, 0.29) is 0 Å². The first-order chi connectivity index (χ1) is 14.6. The predicted octanol–water partition coefficient (Wildman–Crippen LogP) is 5.63. The lowest BCUT2D eigenvalue weighted by Gasteiger charge is -2.27. The Bertz CT molecular complexity index is 1010. The van der Waals surface area contributed by atoms with Crippen molar-refractivity contribution < 1.29 is 9.47 Å². The van der Waals surface area contributed by atoms with Crippen LogP contribution in [0.1, 0.15) is 23.1 Å². The number of ether oxygens (including phenoxy) is 2. The summed E-state index contributed by atoms with van der Waals surface area (Å²) in [4.78, 5) is 12.7. The standard InChI is InChI=1S/C22H23Cl2N3O2S/c1-2-18-12-15(5-6-25-18)22-26-21(27-7-9-28-10-8-27)20(30-22)14-29-13-16-11-17(23)3-4-19(16)24/h3-6,11-12H,2,7-10,13-14H2,1H3. The third kappa shape index (κ3) is 5.13. The third-order valence-electron chi connectivity index (χ3n) is 4.91. The largest absolute Gasteiger partial charge is 0.378 e. The highest BCUT2D eigenvalue weighted by molar-refractivity contribution is 7.15. The van der Waals surface area contributed by atoms with Crippen molar-refractivity contribution in [3.05, 3.63) is 62.7 Å². The van der Waals surface area contributed by atoms with Crippen LogP contribution in [-0.2, 0) is 29.1 Å². The molecule has 0 amide bonds. The van der Waals surface area contributed by atoms with Gasteiger partial charge in [0, 0.05) is 40.6 Å². The summed E-state index contributed by atoms with van der Waals surface area (Å²) in [6.07, 6.45) is 2.74. The highest BCUT2D eigenvalue weighted by Crippen LogP contribution is 2.34. The van der Waals surface area contributed by atoms with Crippen molar-refractivity contribution in [3.8, 4) is 10.6 Å². The van der Waals surface area contributed by atoms with E-state index in [1.54, 1.807) is 23.5 Å². The molecule has 158 valence electrons. The average molecular weight is 464 g/mol. The third-order valence-corrected chi connectivity index (χ3v) is 6.58. The molecule has 8 heteroatoms. The maximum Gasteiger partial charge on any atom is 0.146 e. The lowest BCUT2D eigenvalue weighted by atomic mass is 10.2. The van der Waals surface area contributed by atoms with Crippen LogP contribution in [0.4, 0.5) is 5.82 Å². The van der Waals surface area contributed by atoms with Gasteiger partial charge < -0.3 is 14.4 Å². The number of pyridine rings is 1. The second-order valence-corrected chi connectivity index (χ2v) is 8.91. The van der Waals surface area contributed by atoms with E-state index in [9.17, 15) is 0 Å². The Kier molecular flexibility index (Phi) is 7.23. The molecule has 0 bridgehead atoms. The molecule has 2 aromatic heterocycles. The molecule has 4 rings (SSSR count). The number of aryl methyl sites for hydroxylation is 1. The van der Waals surface area contributed by atoms with Crippen molar-refractivity contribution in [2.75, 3.05) is 31.2 Å². The molecule has 1 saturated heterocycles. The van der Waals surface area contributed by atoms with Crippen LogP contribution < -0.4 is 4.90 Å². The zero-order valence-electron chi connectivity index (χ0n) is 16.7. The van der Waals surface area contributed by atoms with Crippen LogP contribution in [0.25, 0.3) is 10.6 Å². The molecule has 30 heavy (non-hydrogen) atoms. The van der Waals surface area contributed by atoms with Gasteiger partial charge in [0.05, 0.1) is 31.3 Å². The molecular formula is C22H23Cl2N3O2S. The van der Waals surface area contributed by atoms with Gasteiger partial charge in [0.15, 0.2) is 0 Å². The Balaban J connectivity index is 1.56. The smallest absolute Gasteiger partial charge is 0.146 e. The lowest BCUT2D eigenvalue weighted by molar-refractivity contribution is 0.108. The molecule has 1 aromatic carbocycles. The van der Waals surface area contributed by atoms with Gasteiger partial charge in [0.1, 0.15) is 10.8 Å². The molecule has 1 fully saturated rings. The van der Waals surface area contributed by atoms with Crippen molar-refractivity contribution in [2.45, 2.75) is 26.6 Å². The first kappa shape index (κ1) is 21.5. The minimum Gasteiger partial charge on any atom is -0.378 e. The van der Waals surface area contributed by atoms with Crippen LogP contribution in [0.2, 0.25) is 10.0 Å². The maximum absolute atomic E-state index is 6.27. The zero-order chi connectivity index (χ0) is 20.9. The summed E-state index contributed by atoms with van der Waals surface area (Å²) in [5.41, 5.74) is 3.03. The van der Waals surface area contributed by atoms with E-state index in [4.69, 9.17) is 37.7 Å². The predicted molar refractivity (Wildman–Crippen MR) is 123 cm³/mol. The van der Waals surface area contributed by atoms with E-state index >= 15 is 0 Å². The molecule has 0 atom stereocenters. The Hall–Kier alpha value is -1.70. The van der Waals surface area contributed by atoms with Gasteiger partial charge >= 0.3 is 0 Å². The second-order valence-electron chi connectivity index (χ2n) is 6.98. The van der Waals surface area contributed by atoms with Crippen LogP contribution in [0.5, 0.6) is 0 Å². The fourth-order valence-electron chi connectivity index (χ4n) is 3.30. The Labute approximate surface area is 190 Å². The number of anilines is 1. The van der Waals surface area contributed by atoms with Crippen LogP contribution in [-0.4, -0.2) is 36.3 Å². The highest BCUT2D eigenvalue weighted by atomic mass is 35.5. The van der Waals surface area contributed by atoms with E-state index < -0.39 is 0 Å². The number of benzene rings is 1. The monoisotopic (exact) mass is 463 g/mol. The minimum atomic E-state index is 0.393. The van der Waals surface area contributed by atoms with Crippen LogP contribution >= 0.6 is 34.5 Å². The number of morpholine rings is 1. The first-order valence-corrected chi connectivity index (χ1v) is 11.5. The Morgan fingerprint density at radius 2 is 1.97 bits per heavy atom. The number of aromatic nitrogens is 2. The molecular weight excluding hydrogens is 441 g/mol. The van der Waals surface area contributed by atoms with E-state index in [0.29, 0.717) is 36.5 Å². The summed E-state index contributed by atoms with van der Waals surface area (Å²) < 4.78 is 11.5.